The molecule has 1 unspecified atom stereocenters. The SMILES string of the molecule is CCOC(=O)NC(CNC(=O)CCCN1C(=O)c2ccc(C)cc2C1=O)CC(C)C. The number of nitrogens with one attached hydrogen (secondary N) is 2. The number of hydrogen-bond acceptors (Lipinski definition) is 5. The first kappa shape index (κ1) is 23.4. The van der Waals surface area contributed by atoms with Crippen molar-refractivity contribution in [1.82, 2.24) is 15.5 Å². The molecule has 1 aromatic rings. The highest BCUT2D eigenvalue weighted by molar-refractivity contribution is 6.21. The van der Waals surface area contributed by atoms with Gasteiger partial charge in [0.2, 0.25) is 5.91 Å². The minimum absolute atomic E-state index is 0.181. The number of amides is 4. The van der Waals surface area contributed by atoms with Crippen molar-refractivity contribution < 1.29 is 23.9 Å². The zero-order valence-electron chi connectivity index (χ0n) is 18.1. The fourth-order valence-electron chi connectivity index (χ4n) is 3.43. The van der Waals surface area contributed by atoms with E-state index in [1.54, 1.807) is 25.1 Å². The maximum Gasteiger partial charge on any atom is 0.407 e. The van der Waals surface area contributed by atoms with Crippen molar-refractivity contribution in [2.24, 2.45) is 5.92 Å². The minimum atomic E-state index is -0.502. The van der Waals surface area contributed by atoms with Crippen LogP contribution < -0.4 is 10.6 Å². The number of benzene rings is 1. The molecule has 1 heterocycles. The van der Waals surface area contributed by atoms with Gasteiger partial charge in [0.25, 0.3) is 11.8 Å². The molecule has 0 radical (unpaired) electrons. The summed E-state index contributed by atoms with van der Waals surface area (Å²) in [5.41, 5.74) is 1.76. The number of carbonyl (C=O) groups is 4. The number of fused-ring (bicyclic) bond motifs is 1. The molecule has 1 aliphatic heterocycles. The van der Waals surface area contributed by atoms with Crippen LogP contribution in [0.3, 0.4) is 0 Å². The second-order valence-electron chi connectivity index (χ2n) is 7.91. The predicted molar refractivity (Wildman–Crippen MR) is 112 cm³/mol. The second kappa shape index (κ2) is 10.8. The number of aryl methyl sites for hydroxylation is 1. The number of hydrogen-bond donors (Lipinski definition) is 2. The molecule has 0 spiro atoms. The van der Waals surface area contributed by atoms with Crippen LogP contribution >= 0.6 is 0 Å². The molecular weight excluding hydrogens is 386 g/mol. The lowest BCUT2D eigenvalue weighted by atomic mass is 10.0. The molecule has 0 saturated heterocycles. The van der Waals surface area contributed by atoms with Gasteiger partial charge in [0.05, 0.1) is 17.7 Å². The topological polar surface area (TPSA) is 105 Å². The summed E-state index contributed by atoms with van der Waals surface area (Å²) in [4.78, 5) is 49.9. The van der Waals surface area contributed by atoms with Gasteiger partial charge in [-0.1, -0.05) is 25.5 Å². The van der Waals surface area contributed by atoms with Crippen molar-refractivity contribution in [1.29, 1.82) is 0 Å². The molecule has 4 amide bonds. The van der Waals surface area contributed by atoms with Crippen LogP contribution in [0.25, 0.3) is 0 Å². The molecule has 2 rings (SSSR count). The molecule has 1 aromatic carbocycles. The lowest BCUT2D eigenvalue weighted by Gasteiger charge is -2.21. The van der Waals surface area contributed by atoms with Crippen molar-refractivity contribution in [3.8, 4) is 0 Å². The highest BCUT2D eigenvalue weighted by Gasteiger charge is 2.34. The Morgan fingerprint density at radius 3 is 2.50 bits per heavy atom. The molecule has 2 N–H and O–H groups in total. The van der Waals surface area contributed by atoms with Gasteiger partial charge in [-0.15, -0.1) is 0 Å². The Morgan fingerprint density at radius 2 is 1.83 bits per heavy atom. The fourth-order valence-corrected chi connectivity index (χ4v) is 3.43. The highest BCUT2D eigenvalue weighted by Crippen LogP contribution is 2.24. The van der Waals surface area contributed by atoms with E-state index in [0.717, 1.165) is 5.56 Å². The van der Waals surface area contributed by atoms with Crippen LogP contribution in [0.4, 0.5) is 4.79 Å². The Morgan fingerprint density at radius 1 is 1.13 bits per heavy atom. The van der Waals surface area contributed by atoms with Crippen LogP contribution in [-0.2, 0) is 9.53 Å². The average molecular weight is 418 g/mol. The minimum Gasteiger partial charge on any atom is -0.450 e. The van der Waals surface area contributed by atoms with E-state index in [1.165, 1.54) is 4.90 Å². The molecule has 0 aromatic heterocycles. The van der Waals surface area contributed by atoms with Gasteiger partial charge >= 0.3 is 6.09 Å². The monoisotopic (exact) mass is 417 g/mol. The Balaban J connectivity index is 1.79. The summed E-state index contributed by atoms with van der Waals surface area (Å²) in [5, 5.41) is 5.57. The van der Waals surface area contributed by atoms with Crippen LogP contribution in [0.2, 0.25) is 0 Å². The van der Waals surface area contributed by atoms with Gasteiger partial charge in [0, 0.05) is 25.6 Å². The van der Waals surface area contributed by atoms with E-state index in [1.807, 2.05) is 20.8 Å². The number of alkyl carbamates (subject to hydrolysis) is 1. The maximum absolute atomic E-state index is 12.5. The molecule has 0 saturated carbocycles. The van der Waals surface area contributed by atoms with Gasteiger partial charge in [-0.25, -0.2) is 4.79 Å². The standard InChI is InChI=1S/C22H31N3O5/c1-5-30-22(29)24-16(11-14(2)3)13-23-19(26)7-6-10-25-20(27)17-9-8-15(4)12-18(17)21(25)28/h8-9,12,14,16H,5-7,10-11,13H2,1-4H3,(H,23,26)(H,24,29). The molecule has 0 fully saturated rings. The smallest absolute Gasteiger partial charge is 0.407 e. The molecule has 30 heavy (non-hydrogen) atoms. The largest absolute Gasteiger partial charge is 0.450 e. The summed E-state index contributed by atoms with van der Waals surface area (Å²) < 4.78 is 4.90. The highest BCUT2D eigenvalue weighted by atomic mass is 16.5. The van der Waals surface area contributed by atoms with Crippen molar-refractivity contribution in [3.05, 3.63) is 34.9 Å². The molecule has 8 heteroatoms. The van der Waals surface area contributed by atoms with E-state index in [2.05, 4.69) is 10.6 Å². The van der Waals surface area contributed by atoms with E-state index >= 15 is 0 Å². The van der Waals surface area contributed by atoms with Crippen LogP contribution in [0, 0.1) is 12.8 Å². The van der Waals surface area contributed by atoms with Crippen molar-refractivity contribution >= 4 is 23.8 Å². The summed E-state index contributed by atoms with van der Waals surface area (Å²) in [5.74, 6) is -0.478. The van der Waals surface area contributed by atoms with Crippen LogP contribution in [0.1, 0.15) is 66.3 Å². The number of ether oxygens (including phenoxy) is 1. The Kier molecular flexibility index (Phi) is 8.38. The Bertz CT molecular complexity index is 806. The lowest BCUT2D eigenvalue weighted by Crippen LogP contribution is -2.44. The fraction of sp³-hybridized carbons (Fsp3) is 0.545. The molecule has 164 valence electrons. The molecule has 1 aliphatic rings. The number of carbonyl (C=O) groups excluding carboxylic acids is 4. The summed E-state index contributed by atoms with van der Waals surface area (Å²) in [6.45, 7) is 8.43. The van der Waals surface area contributed by atoms with Crippen molar-refractivity contribution in [2.75, 3.05) is 19.7 Å². The van der Waals surface area contributed by atoms with Gasteiger partial charge < -0.3 is 15.4 Å². The third kappa shape index (κ3) is 6.30. The van der Waals surface area contributed by atoms with Crippen LogP contribution in [0.5, 0.6) is 0 Å². The van der Waals surface area contributed by atoms with Gasteiger partial charge in [0.15, 0.2) is 0 Å². The first-order chi connectivity index (χ1) is 14.2. The van der Waals surface area contributed by atoms with E-state index in [-0.39, 0.29) is 43.3 Å². The predicted octanol–water partition coefficient (Wildman–Crippen LogP) is 2.65. The van der Waals surface area contributed by atoms with Gasteiger partial charge in [-0.2, -0.15) is 0 Å². The first-order valence-electron chi connectivity index (χ1n) is 10.4. The molecule has 0 aliphatic carbocycles. The van der Waals surface area contributed by atoms with Gasteiger partial charge in [-0.3, -0.25) is 19.3 Å². The third-order valence-corrected chi connectivity index (χ3v) is 4.81. The summed E-state index contributed by atoms with van der Waals surface area (Å²) >= 11 is 0. The summed E-state index contributed by atoms with van der Waals surface area (Å²) in [7, 11) is 0. The Labute approximate surface area is 177 Å². The van der Waals surface area contributed by atoms with Crippen molar-refractivity contribution in [3.63, 3.8) is 0 Å². The summed E-state index contributed by atoms with van der Waals surface area (Å²) in [6.07, 6.45) is 0.753. The normalized spacial score (nSPS) is 14.0. The first-order valence-corrected chi connectivity index (χ1v) is 10.4. The van der Waals surface area contributed by atoms with Gasteiger partial charge in [0.1, 0.15) is 0 Å². The number of nitrogens with zero attached hydrogens (tertiary/aromatic N) is 1. The van der Waals surface area contributed by atoms with Gasteiger partial charge in [-0.05, 0) is 44.7 Å². The van der Waals surface area contributed by atoms with Crippen molar-refractivity contribution in [2.45, 2.75) is 53.0 Å². The zero-order chi connectivity index (χ0) is 22.3. The average Bonchev–Trinajstić information content (AvgIpc) is 2.90. The summed E-state index contributed by atoms with van der Waals surface area (Å²) in [6, 6.07) is 4.96. The zero-order valence-corrected chi connectivity index (χ0v) is 18.1. The van der Waals surface area contributed by atoms with E-state index in [9.17, 15) is 19.2 Å². The lowest BCUT2D eigenvalue weighted by molar-refractivity contribution is -0.121. The van der Waals surface area contributed by atoms with Crippen LogP contribution in [0.15, 0.2) is 18.2 Å². The molecule has 8 nitrogen and oxygen atoms in total. The quantitative estimate of drug-likeness (QED) is 0.570. The van der Waals surface area contributed by atoms with E-state index in [4.69, 9.17) is 4.74 Å². The molecule has 0 bridgehead atoms. The second-order valence-corrected chi connectivity index (χ2v) is 7.91. The molecule has 1 atom stereocenters. The Hall–Kier alpha value is -2.90. The third-order valence-electron chi connectivity index (χ3n) is 4.81. The molecular formula is C22H31N3O5. The van der Waals surface area contributed by atoms with E-state index in [0.29, 0.717) is 36.4 Å². The number of rotatable bonds is 10. The van der Waals surface area contributed by atoms with E-state index < -0.39 is 6.09 Å². The van der Waals surface area contributed by atoms with Crippen LogP contribution in [-0.4, -0.2) is 54.5 Å². The maximum atomic E-state index is 12.5. The number of imide groups is 1.